The van der Waals surface area contributed by atoms with Gasteiger partial charge in [0.25, 0.3) is 0 Å². The fraction of sp³-hybridized carbons (Fsp3) is 0.250. The second-order valence-corrected chi connectivity index (χ2v) is 5.09. The first-order chi connectivity index (χ1) is 12.7. The molecule has 2 heterocycles. The zero-order valence-corrected chi connectivity index (χ0v) is 15.4. The van der Waals surface area contributed by atoms with Crippen molar-refractivity contribution in [3.05, 3.63) is 59.9 Å². The second-order valence-electron chi connectivity index (χ2n) is 5.09. The van der Waals surface area contributed by atoms with Crippen LogP contribution in [-0.4, -0.2) is 27.8 Å². The van der Waals surface area contributed by atoms with Crippen molar-refractivity contribution in [1.29, 1.82) is 0 Å². The van der Waals surface area contributed by atoms with Gasteiger partial charge in [-0.1, -0.05) is 19.9 Å². The molecule has 136 valence electrons. The Balaban J connectivity index is 0.00000117. The van der Waals surface area contributed by atoms with Crippen LogP contribution in [0.3, 0.4) is 0 Å². The van der Waals surface area contributed by atoms with Crippen LogP contribution in [0.25, 0.3) is 11.3 Å². The Hall–Kier alpha value is -3.15. The number of benzene rings is 1. The minimum absolute atomic E-state index is 0.326. The lowest BCUT2D eigenvalue weighted by molar-refractivity contribution is 0.0518. The first-order valence-corrected chi connectivity index (χ1v) is 8.60. The number of pyridine rings is 1. The van der Waals surface area contributed by atoms with Crippen LogP contribution in [-0.2, 0) is 4.74 Å². The number of carbonyl (C=O) groups excluding carboxylic acids is 1. The van der Waals surface area contributed by atoms with Crippen molar-refractivity contribution in [3.8, 4) is 22.9 Å². The molecule has 3 rings (SSSR count). The SMILES string of the molecule is CC.CCOC(=O)c1[nH]nc(-c2ccc(Oc3ccccn3)cc2)c1C. The van der Waals surface area contributed by atoms with Crippen LogP contribution in [0.5, 0.6) is 11.6 Å². The van der Waals surface area contributed by atoms with E-state index in [1.54, 1.807) is 19.2 Å². The Morgan fingerprint density at radius 3 is 2.46 bits per heavy atom. The number of nitrogens with one attached hydrogen (secondary N) is 1. The number of aromatic amines is 1. The third-order valence-electron chi connectivity index (χ3n) is 3.48. The number of carbonyl (C=O) groups is 1. The van der Waals surface area contributed by atoms with Crippen molar-refractivity contribution in [1.82, 2.24) is 15.2 Å². The van der Waals surface area contributed by atoms with Gasteiger partial charge in [-0.05, 0) is 44.2 Å². The van der Waals surface area contributed by atoms with E-state index in [0.717, 1.165) is 11.1 Å². The van der Waals surface area contributed by atoms with Gasteiger partial charge in [0.1, 0.15) is 11.4 Å². The van der Waals surface area contributed by atoms with E-state index in [9.17, 15) is 4.79 Å². The average molecular weight is 353 g/mol. The molecular formula is C20H23N3O3. The highest BCUT2D eigenvalue weighted by atomic mass is 16.5. The average Bonchev–Trinajstić information content (AvgIpc) is 3.07. The molecule has 1 N–H and O–H groups in total. The summed E-state index contributed by atoms with van der Waals surface area (Å²) in [6.07, 6.45) is 1.67. The smallest absolute Gasteiger partial charge is 0.356 e. The molecule has 0 amide bonds. The van der Waals surface area contributed by atoms with E-state index in [2.05, 4.69) is 15.2 Å². The molecule has 6 nitrogen and oxygen atoms in total. The molecule has 0 aliphatic carbocycles. The van der Waals surface area contributed by atoms with Crippen molar-refractivity contribution in [3.63, 3.8) is 0 Å². The monoisotopic (exact) mass is 353 g/mol. The fourth-order valence-corrected chi connectivity index (χ4v) is 2.29. The number of ether oxygens (including phenoxy) is 2. The lowest BCUT2D eigenvalue weighted by Gasteiger charge is -2.05. The van der Waals surface area contributed by atoms with Gasteiger partial charge in [-0.25, -0.2) is 9.78 Å². The van der Waals surface area contributed by atoms with Gasteiger partial charge in [0.2, 0.25) is 5.88 Å². The highest BCUT2D eigenvalue weighted by Gasteiger charge is 2.17. The number of hydrogen-bond acceptors (Lipinski definition) is 5. The van der Waals surface area contributed by atoms with Crippen LogP contribution in [0.4, 0.5) is 0 Å². The number of aromatic nitrogens is 3. The van der Waals surface area contributed by atoms with Crippen LogP contribution in [0.1, 0.15) is 36.8 Å². The summed E-state index contributed by atoms with van der Waals surface area (Å²) in [4.78, 5) is 16.0. The maximum atomic E-state index is 11.8. The van der Waals surface area contributed by atoms with Gasteiger partial charge >= 0.3 is 5.97 Å². The summed E-state index contributed by atoms with van der Waals surface area (Å²) in [5, 5.41) is 6.97. The third kappa shape index (κ3) is 4.47. The van der Waals surface area contributed by atoms with E-state index in [1.165, 1.54) is 0 Å². The Labute approximate surface area is 153 Å². The zero-order chi connectivity index (χ0) is 18.9. The second kappa shape index (κ2) is 9.36. The van der Waals surface area contributed by atoms with E-state index in [4.69, 9.17) is 9.47 Å². The molecule has 0 radical (unpaired) electrons. The molecule has 1 aromatic carbocycles. The van der Waals surface area contributed by atoms with Gasteiger partial charge in [0, 0.05) is 23.4 Å². The lowest BCUT2D eigenvalue weighted by atomic mass is 10.1. The molecule has 0 saturated heterocycles. The summed E-state index contributed by atoms with van der Waals surface area (Å²) in [5.41, 5.74) is 2.72. The van der Waals surface area contributed by atoms with E-state index < -0.39 is 5.97 Å². The Morgan fingerprint density at radius 2 is 1.85 bits per heavy atom. The molecule has 2 aromatic heterocycles. The number of rotatable bonds is 5. The van der Waals surface area contributed by atoms with Gasteiger partial charge in [-0.3, -0.25) is 5.10 Å². The Bertz CT molecular complexity index is 827. The molecular weight excluding hydrogens is 330 g/mol. The number of H-pyrrole nitrogens is 1. The minimum Gasteiger partial charge on any atom is -0.461 e. The standard InChI is InChI=1S/C18H17N3O3.C2H6/c1-3-23-18(22)17-12(2)16(20-21-17)13-7-9-14(10-8-13)24-15-6-4-5-11-19-15;1-2/h4-11H,3H2,1-2H3,(H,20,21);1-2H3. The highest BCUT2D eigenvalue weighted by Crippen LogP contribution is 2.27. The Morgan fingerprint density at radius 1 is 1.12 bits per heavy atom. The van der Waals surface area contributed by atoms with Crippen molar-refractivity contribution < 1.29 is 14.3 Å². The van der Waals surface area contributed by atoms with Gasteiger partial charge in [-0.2, -0.15) is 5.10 Å². The maximum absolute atomic E-state index is 11.8. The molecule has 26 heavy (non-hydrogen) atoms. The van der Waals surface area contributed by atoms with Gasteiger partial charge in [0.15, 0.2) is 0 Å². The van der Waals surface area contributed by atoms with Crippen molar-refractivity contribution in [2.45, 2.75) is 27.7 Å². The van der Waals surface area contributed by atoms with E-state index in [-0.39, 0.29) is 0 Å². The largest absolute Gasteiger partial charge is 0.461 e. The van der Waals surface area contributed by atoms with Crippen molar-refractivity contribution in [2.75, 3.05) is 6.61 Å². The minimum atomic E-state index is -0.399. The molecule has 0 aliphatic heterocycles. The summed E-state index contributed by atoms with van der Waals surface area (Å²) >= 11 is 0. The van der Waals surface area contributed by atoms with Crippen LogP contribution in [0.2, 0.25) is 0 Å². The number of nitrogens with zero attached hydrogens (tertiary/aromatic N) is 2. The molecule has 6 heteroatoms. The molecule has 0 bridgehead atoms. The van der Waals surface area contributed by atoms with E-state index in [1.807, 2.05) is 57.2 Å². The van der Waals surface area contributed by atoms with Gasteiger partial charge in [-0.15, -0.1) is 0 Å². The molecule has 0 unspecified atom stereocenters. The predicted octanol–water partition coefficient (Wildman–Crippen LogP) is 4.78. The van der Waals surface area contributed by atoms with Crippen molar-refractivity contribution >= 4 is 5.97 Å². The summed E-state index contributed by atoms with van der Waals surface area (Å²) in [5.74, 6) is 0.811. The van der Waals surface area contributed by atoms with Crippen LogP contribution < -0.4 is 4.74 Å². The molecule has 0 aliphatic rings. The zero-order valence-electron chi connectivity index (χ0n) is 15.4. The summed E-state index contributed by atoms with van der Waals surface area (Å²) in [6.45, 7) is 7.93. The quantitative estimate of drug-likeness (QED) is 0.668. The fourth-order valence-electron chi connectivity index (χ4n) is 2.29. The highest BCUT2D eigenvalue weighted by molar-refractivity contribution is 5.91. The summed E-state index contributed by atoms with van der Waals surface area (Å²) in [7, 11) is 0. The van der Waals surface area contributed by atoms with Crippen LogP contribution in [0, 0.1) is 6.92 Å². The molecule has 0 fully saturated rings. The Kier molecular flexibility index (Phi) is 6.91. The molecule has 3 aromatic rings. The molecule has 0 atom stereocenters. The van der Waals surface area contributed by atoms with Crippen LogP contribution >= 0.6 is 0 Å². The first kappa shape index (κ1) is 19.2. The first-order valence-electron chi connectivity index (χ1n) is 8.60. The van der Waals surface area contributed by atoms with Crippen LogP contribution in [0.15, 0.2) is 48.7 Å². The van der Waals surface area contributed by atoms with Gasteiger partial charge in [0.05, 0.1) is 12.3 Å². The summed E-state index contributed by atoms with van der Waals surface area (Å²) < 4.78 is 10.7. The predicted molar refractivity (Wildman–Crippen MR) is 100 cm³/mol. The molecule has 0 saturated carbocycles. The number of esters is 1. The third-order valence-corrected chi connectivity index (χ3v) is 3.48. The summed E-state index contributed by atoms with van der Waals surface area (Å²) in [6, 6.07) is 12.9. The van der Waals surface area contributed by atoms with E-state index in [0.29, 0.717) is 29.6 Å². The lowest BCUT2D eigenvalue weighted by Crippen LogP contribution is -2.06. The number of hydrogen-bond donors (Lipinski definition) is 1. The molecule has 0 spiro atoms. The maximum Gasteiger partial charge on any atom is 0.356 e. The topological polar surface area (TPSA) is 77.1 Å². The van der Waals surface area contributed by atoms with E-state index >= 15 is 0 Å². The normalized spacial score (nSPS) is 9.85. The van der Waals surface area contributed by atoms with Crippen molar-refractivity contribution in [2.24, 2.45) is 0 Å². The van der Waals surface area contributed by atoms with Gasteiger partial charge < -0.3 is 9.47 Å².